The summed E-state index contributed by atoms with van der Waals surface area (Å²) < 4.78 is 5.49. The third-order valence-corrected chi connectivity index (χ3v) is 14.9. The number of ether oxygens (including phenoxy) is 1. The van der Waals surface area contributed by atoms with E-state index in [0.717, 1.165) is 51.4 Å². The first-order valence-electron chi connectivity index (χ1n) is 32.3. The molecule has 0 rings (SSSR count). The standard InChI is InChI=1S/C66H125NO5/c1-3-5-7-9-11-13-15-17-19-21-27-30-34-38-42-46-50-54-58-64(69)63(62-68)67-65(70)59-55-51-47-43-39-35-31-28-24-22-23-25-29-33-37-41-45-49-53-57-61-72-66(71)60-56-52-48-44-40-36-32-26-20-18-16-14-12-10-8-6-4-2/h12,14,18,20,54,58,63-64,68-69H,3-11,13,15-17,19,21-53,55-57,59-62H2,1-2H3,(H,67,70)/b14-12-,20-18-,58-54+. The predicted octanol–water partition coefficient (Wildman–Crippen LogP) is 20.4. The summed E-state index contributed by atoms with van der Waals surface area (Å²) >= 11 is 0. The van der Waals surface area contributed by atoms with Crippen LogP contribution < -0.4 is 5.32 Å². The Labute approximate surface area is 449 Å². The lowest BCUT2D eigenvalue weighted by Crippen LogP contribution is -2.45. The molecule has 0 heterocycles. The Morgan fingerprint density at radius 1 is 0.389 bits per heavy atom. The number of hydrogen-bond acceptors (Lipinski definition) is 5. The summed E-state index contributed by atoms with van der Waals surface area (Å²) in [7, 11) is 0. The molecule has 6 heteroatoms. The van der Waals surface area contributed by atoms with Crippen LogP contribution in [0.1, 0.15) is 348 Å². The van der Waals surface area contributed by atoms with Crippen molar-refractivity contribution in [3.63, 3.8) is 0 Å². The van der Waals surface area contributed by atoms with Crippen molar-refractivity contribution in [2.75, 3.05) is 13.2 Å². The number of aliphatic hydroxyl groups is 2. The van der Waals surface area contributed by atoms with Gasteiger partial charge in [0.2, 0.25) is 5.91 Å². The number of aliphatic hydroxyl groups excluding tert-OH is 2. The van der Waals surface area contributed by atoms with E-state index in [1.54, 1.807) is 6.08 Å². The smallest absolute Gasteiger partial charge is 0.305 e. The lowest BCUT2D eigenvalue weighted by atomic mass is 10.0. The summed E-state index contributed by atoms with van der Waals surface area (Å²) in [6.45, 7) is 4.89. The molecule has 0 aromatic rings. The minimum Gasteiger partial charge on any atom is -0.466 e. The van der Waals surface area contributed by atoms with E-state index in [1.807, 2.05) is 6.08 Å². The number of esters is 1. The fraction of sp³-hybridized carbons (Fsp3) is 0.879. The Kier molecular flexibility index (Phi) is 60.0. The SMILES string of the molecule is CCCCC/C=C\C/C=C\CCCCCCCCCC(=O)OCCCCCCCCCCCCCCCCCCCCCCC(=O)NC(CO)C(O)/C=C/CCCCCCCCCCCCCCCCCC. The van der Waals surface area contributed by atoms with Gasteiger partial charge in [-0.3, -0.25) is 9.59 Å². The van der Waals surface area contributed by atoms with Crippen LogP contribution in [0.15, 0.2) is 36.5 Å². The first kappa shape index (κ1) is 70.1. The molecule has 0 saturated heterocycles. The van der Waals surface area contributed by atoms with Crippen LogP contribution in [0.4, 0.5) is 0 Å². The van der Waals surface area contributed by atoms with E-state index in [1.165, 1.54) is 270 Å². The molecule has 0 saturated carbocycles. The van der Waals surface area contributed by atoms with Gasteiger partial charge in [0.05, 0.1) is 25.4 Å². The molecular formula is C66H125NO5. The molecule has 0 aliphatic carbocycles. The second-order valence-electron chi connectivity index (χ2n) is 22.1. The van der Waals surface area contributed by atoms with Gasteiger partial charge < -0.3 is 20.3 Å². The maximum Gasteiger partial charge on any atom is 0.305 e. The normalized spacial score (nSPS) is 12.8. The molecule has 0 fully saturated rings. The molecule has 1 amide bonds. The highest BCUT2D eigenvalue weighted by atomic mass is 16.5. The topological polar surface area (TPSA) is 95.9 Å². The monoisotopic (exact) mass is 1010 g/mol. The predicted molar refractivity (Wildman–Crippen MR) is 315 cm³/mol. The number of carbonyl (C=O) groups excluding carboxylic acids is 2. The van der Waals surface area contributed by atoms with E-state index >= 15 is 0 Å². The van der Waals surface area contributed by atoms with Gasteiger partial charge in [-0.05, 0) is 64.2 Å². The number of allylic oxidation sites excluding steroid dienone is 5. The summed E-state index contributed by atoms with van der Waals surface area (Å²) in [6.07, 6.45) is 77.5. The van der Waals surface area contributed by atoms with Crippen LogP contribution in [-0.4, -0.2) is 47.4 Å². The number of unbranched alkanes of at least 4 members (excludes halogenated alkanes) is 45. The highest BCUT2D eigenvalue weighted by Gasteiger charge is 2.18. The summed E-state index contributed by atoms with van der Waals surface area (Å²) in [5.74, 6) is -0.0652. The van der Waals surface area contributed by atoms with Crippen molar-refractivity contribution in [1.29, 1.82) is 0 Å². The van der Waals surface area contributed by atoms with Gasteiger partial charge in [0.15, 0.2) is 0 Å². The third kappa shape index (κ3) is 57.4. The van der Waals surface area contributed by atoms with Crippen molar-refractivity contribution in [3.8, 4) is 0 Å². The first-order chi connectivity index (χ1) is 35.5. The molecule has 3 N–H and O–H groups in total. The first-order valence-corrected chi connectivity index (χ1v) is 32.3. The van der Waals surface area contributed by atoms with Crippen LogP contribution in [0.2, 0.25) is 0 Å². The zero-order valence-corrected chi connectivity index (χ0v) is 48.4. The Balaban J connectivity index is 3.42. The maximum atomic E-state index is 12.5. The van der Waals surface area contributed by atoms with Crippen LogP contribution in [0.3, 0.4) is 0 Å². The molecule has 0 spiro atoms. The molecule has 0 bridgehead atoms. The lowest BCUT2D eigenvalue weighted by molar-refractivity contribution is -0.143. The van der Waals surface area contributed by atoms with Gasteiger partial charge >= 0.3 is 5.97 Å². The van der Waals surface area contributed by atoms with Crippen LogP contribution in [0.5, 0.6) is 0 Å². The van der Waals surface area contributed by atoms with E-state index in [4.69, 9.17) is 4.74 Å². The van der Waals surface area contributed by atoms with Crippen molar-refractivity contribution in [3.05, 3.63) is 36.5 Å². The van der Waals surface area contributed by atoms with Gasteiger partial charge in [-0.15, -0.1) is 0 Å². The number of hydrogen-bond donors (Lipinski definition) is 3. The maximum absolute atomic E-state index is 12.5. The van der Waals surface area contributed by atoms with E-state index in [-0.39, 0.29) is 18.5 Å². The lowest BCUT2D eigenvalue weighted by Gasteiger charge is -2.20. The van der Waals surface area contributed by atoms with E-state index in [2.05, 4.69) is 43.5 Å². The average Bonchev–Trinajstić information content (AvgIpc) is 3.38. The number of amides is 1. The van der Waals surface area contributed by atoms with Crippen LogP contribution in [0.25, 0.3) is 0 Å². The van der Waals surface area contributed by atoms with Crippen LogP contribution in [-0.2, 0) is 14.3 Å². The van der Waals surface area contributed by atoms with Gasteiger partial charge in [0.1, 0.15) is 0 Å². The number of carbonyl (C=O) groups is 2. The quantitative estimate of drug-likeness (QED) is 0.0320. The van der Waals surface area contributed by atoms with Crippen molar-refractivity contribution in [2.45, 2.75) is 360 Å². The fourth-order valence-corrected chi connectivity index (χ4v) is 9.96. The summed E-state index contributed by atoms with van der Waals surface area (Å²) in [5.41, 5.74) is 0. The highest BCUT2D eigenvalue weighted by molar-refractivity contribution is 5.76. The van der Waals surface area contributed by atoms with Crippen molar-refractivity contribution >= 4 is 11.9 Å². The third-order valence-electron chi connectivity index (χ3n) is 14.9. The molecule has 0 aliphatic heterocycles. The zero-order chi connectivity index (χ0) is 52.2. The molecule has 0 radical (unpaired) electrons. The molecule has 2 atom stereocenters. The number of rotatable bonds is 60. The Morgan fingerprint density at radius 2 is 0.694 bits per heavy atom. The molecule has 0 aromatic heterocycles. The van der Waals surface area contributed by atoms with Crippen molar-refractivity contribution in [1.82, 2.24) is 5.32 Å². The highest BCUT2D eigenvalue weighted by Crippen LogP contribution is 2.18. The van der Waals surface area contributed by atoms with E-state index < -0.39 is 12.1 Å². The minimum absolute atomic E-state index is 0.00246. The van der Waals surface area contributed by atoms with E-state index in [9.17, 15) is 19.8 Å². The van der Waals surface area contributed by atoms with Gasteiger partial charge in [-0.2, -0.15) is 0 Å². The minimum atomic E-state index is -0.847. The second kappa shape index (κ2) is 61.6. The largest absolute Gasteiger partial charge is 0.466 e. The van der Waals surface area contributed by atoms with E-state index in [0.29, 0.717) is 19.4 Å². The molecule has 424 valence electrons. The van der Waals surface area contributed by atoms with Crippen LogP contribution >= 0.6 is 0 Å². The molecule has 2 unspecified atom stereocenters. The van der Waals surface area contributed by atoms with Gasteiger partial charge in [-0.1, -0.05) is 307 Å². The molecule has 0 aromatic carbocycles. The summed E-state index contributed by atoms with van der Waals surface area (Å²) in [6, 6.07) is -0.630. The molecule has 0 aliphatic rings. The molecule has 72 heavy (non-hydrogen) atoms. The Morgan fingerprint density at radius 3 is 1.08 bits per heavy atom. The Bertz CT molecular complexity index is 1170. The fourth-order valence-electron chi connectivity index (χ4n) is 9.96. The second-order valence-corrected chi connectivity index (χ2v) is 22.1. The van der Waals surface area contributed by atoms with Crippen molar-refractivity contribution in [2.24, 2.45) is 0 Å². The Hall–Kier alpha value is -1.92. The number of nitrogens with one attached hydrogen (secondary N) is 1. The zero-order valence-electron chi connectivity index (χ0n) is 48.4. The van der Waals surface area contributed by atoms with Gasteiger partial charge in [-0.25, -0.2) is 0 Å². The van der Waals surface area contributed by atoms with Gasteiger partial charge in [0.25, 0.3) is 0 Å². The summed E-state index contributed by atoms with van der Waals surface area (Å²) in [5, 5.41) is 23.2. The van der Waals surface area contributed by atoms with Crippen LogP contribution in [0, 0.1) is 0 Å². The molecule has 6 nitrogen and oxygen atoms in total. The summed E-state index contributed by atoms with van der Waals surface area (Å²) in [4.78, 5) is 24.6. The average molecular weight is 1010 g/mol. The van der Waals surface area contributed by atoms with Gasteiger partial charge in [0, 0.05) is 12.8 Å². The van der Waals surface area contributed by atoms with Crippen molar-refractivity contribution < 1.29 is 24.5 Å². The molecular weight excluding hydrogens is 887 g/mol.